The predicted octanol–water partition coefficient (Wildman–Crippen LogP) is 5.24. The minimum absolute atomic E-state index is 0. The van der Waals surface area contributed by atoms with Gasteiger partial charge in [-0.3, -0.25) is 14.2 Å². The van der Waals surface area contributed by atoms with Crippen molar-refractivity contribution < 1.29 is 9.18 Å². The highest BCUT2D eigenvalue weighted by molar-refractivity contribution is 7.99. The number of carbonyl (C=O) groups excluding carboxylic acids is 1. The molecule has 0 spiro atoms. The largest absolute Gasteiger partial charge is 0.325 e. The molecule has 0 radical (unpaired) electrons. The molecule has 1 amide bonds. The van der Waals surface area contributed by atoms with E-state index in [2.05, 4.69) is 24.1 Å². The Morgan fingerprint density at radius 3 is 2.56 bits per heavy atom. The Labute approximate surface area is 211 Å². The molecule has 0 atom stereocenters. The van der Waals surface area contributed by atoms with Crippen LogP contribution in [0.3, 0.4) is 0 Å². The van der Waals surface area contributed by atoms with Gasteiger partial charge in [-0.1, -0.05) is 43.8 Å². The van der Waals surface area contributed by atoms with E-state index in [1.807, 2.05) is 24.3 Å². The summed E-state index contributed by atoms with van der Waals surface area (Å²) in [6.45, 7) is 7.20. The molecule has 10 heteroatoms. The summed E-state index contributed by atoms with van der Waals surface area (Å²) in [5.74, 6) is -0.519. The van der Waals surface area contributed by atoms with Crippen molar-refractivity contribution in [3.8, 4) is 0 Å². The standard InChI is InChI=1S/C24H25FN4O2S2.ClH/c1-3-28(4-2)13-14-29-23(31)22-21(18-7-5-6-8-19(18)33-22)27-24(29)32-15-20(30)26-17-11-9-16(25)10-12-17;/h5-12H,3-4,13-15H2,1-2H3,(H,26,30);1H. The van der Waals surface area contributed by atoms with E-state index in [0.29, 0.717) is 27.6 Å². The van der Waals surface area contributed by atoms with Crippen molar-refractivity contribution in [1.82, 2.24) is 14.5 Å². The summed E-state index contributed by atoms with van der Waals surface area (Å²) >= 11 is 2.69. The van der Waals surface area contributed by atoms with Gasteiger partial charge in [0.2, 0.25) is 5.91 Å². The summed E-state index contributed by atoms with van der Waals surface area (Å²) in [6.07, 6.45) is 0. The second-order valence-electron chi connectivity index (χ2n) is 7.50. The van der Waals surface area contributed by atoms with Gasteiger partial charge in [0.15, 0.2) is 5.16 Å². The summed E-state index contributed by atoms with van der Waals surface area (Å²) in [7, 11) is 0. The van der Waals surface area contributed by atoms with Gasteiger partial charge in [0.05, 0.1) is 11.3 Å². The van der Waals surface area contributed by atoms with Crippen LogP contribution in [0, 0.1) is 5.82 Å². The summed E-state index contributed by atoms with van der Waals surface area (Å²) in [4.78, 5) is 33.0. The van der Waals surface area contributed by atoms with Crippen molar-refractivity contribution in [2.45, 2.75) is 25.5 Å². The molecule has 180 valence electrons. The number of hydrogen-bond donors (Lipinski definition) is 1. The zero-order valence-electron chi connectivity index (χ0n) is 18.9. The van der Waals surface area contributed by atoms with Gasteiger partial charge in [0.1, 0.15) is 10.5 Å². The fraction of sp³-hybridized carbons (Fsp3) is 0.292. The van der Waals surface area contributed by atoms with Crippen molar-refractivity contribution in [2.24, 2.45) is 0 Å². The molecule has 0 aliphatic rings. The Balaban J connectivity index is 0.00000324. The van der Waals surface area contributed by atoms with Crippen LogP contribution in [0.25, 0.3) is 20.3 Å². The quantitative estimate of drug-likeness (QED) is 0.241. The number of thiophene rings is 1. The third kappa shape index (κ3) is 5.78. The van der Waals surface area contributed by atoms with E-state index >= 15 is 0 Å². The lowest BCUT2D eigenvalue weighted by Gasteiger charge is -2.19. The molecular formula is C24H26ClFN4O2S2. The van der Waals surface area contributed by atoms with E-state index in [1.165, 1.54) is 47.4 Å². The maximum absolute atomic E-state index is 13.4. The van der Waals surface area contributed by atoms with E-state index in [9.17, 15) is 14.0 Å². The van der Waals surface area contributed by atoms with Crippen molar-refractivity contribution in [3.63, 3.8) is 0 Å². The lowest BCUT2D eigenvalue weighted by atomic mass is 10.2. The lowest BCUT2D eigenvalue weighted by Crippen LogP contribution is -2.32. The van der Waals surface area contributed by atoms with Crippen LogP contribution in [-0.4, -0.2) is 45.7 Å². The number of anilines is 1. The van der Waals surface area contributed by atoms with Crippen molar-refractivity contribution in [2.75, 3.05) is 30.7 Å². The molecule has 0 unspecified atom stereocenters. The van der Waals surface area contributed by atoms with Crippen LogP contribution in [0.2, 0.25) is 0 Å². The first kappa shape index (κ1) is 26.2. The third-order valence-electron chi connectivity index (χ3n) is 5.44. The number of benzene rings is 2. The van der Waals surface area contributed by atoms with Crippen LogP contribution in [-0.2, 0) is 11.3 Å². The number of thioether (sulfide) groups is 1. The highest BCUT2D eigenvalue weighted by Crippen LogP contribution is 2.31. The SMILES string of the molecule is CCN(CC)CCn1c(SCC(=O)Nc2ccc(F)cc2)nc2c(sc3ccccc32)c1=O.Cl. The highest BCUT2D eigenvalue weighted by Gasteiger charge is 2.18. The Morgan fingerprint density at radius 1 is 1.15 bits per heavy atom. The maximum atomic E-state index is 13.4. The Kier molecular flexibility index (Phi) is 9.07. The van der Waals surface area contributed by atoms with Gasteiger partial charge in [-0.25, -0.2) is 9.37 Å². The molecule has 34 heavy (non-hydrogen) atoms. The zero-order chi connectivity index (χ0) is 23.4. The first-order valence-corrected chi connectivity index (χ1v) is 12.6. The fourth-order valence-corrected chi connectivity index (χ4v) is 5.51. The second kappa shape index (κ2) is 11.8. The number of halogens is 2. The van der Waals surface area contributed by atoms with E-state index < -0.39 is 0 Å². The average Bonchev–Trinajstić information content (AvgIpc) is 3.20. The normalized spacial score (nSPS) is 11.2. The van der Waals surface area contributed by atoms with Gasteiger partial charge in [0, 0.05) is 28.9 Å². The molecule has 0 saturated carbocycles. The molecule has 4 rings (SSSR count). The van der Waals surface area contributed by atoms with Gasteiger partial charge in [0.25, 0.3) is 5.56 Å². The molecular weight excluding hydrogens is 495 g/mol. The van der Waals surface area contributed by atoms with E-state index in [1.54, 1.807) is 4.57 Å². The topological polar surface area (TPSA) is 67.2 Å². The first-order valence-electron chi connectivity index (χ1n) is 10.8. The Bertz CT molecular complexity index is 1340. The highest BCUT2D eigenvalue weighted by atomic mass is 35.5. The van der Waals surface area contributed by atoms with Crippen molar-refractivity contribution >= 4 is 67.4 Å². The number of fused-ring (bicyclic) bond motifs is 3. The summed E-state index contributed by atoms with van der Waals surface area (Å²) in [5, 5.41) is 4.23. The molecule has 0 fully saturated rings. The minimum atomic E-state index is -0.361. The number of aromatic nitrogens is 2. The van der Waals surface area contributed by atoms with E-state index in [0.717, 1.165) is 29.7 Å². The van der Waals surface area contributed by atoms with Gasteiger partial charge in [-0.2, -0.15) is 0 Å². The average molecular weight is 521 g/mol. The lowest BCUT2D eigenvalue weighted by molar-refractivity contribution is -0.113. The van der Waals surface area contributed by atoms with Crippen molar-refractivity contribution in [3.05, 3.63) is 64.7 Å². The molecule has 2 aromatic carbocycles. The van der Waals surface area contributed by atoms with Crippen LogP contribution in [0.5, 0.6) is 0 Å². The van der Waals surface area contributed by atoms with E-state index in [-0.39, 0.29) is 35.4 Å². The molecule has 1 N–H and O–H groups in total. The number of rotatable bonds is 9. The molecule has 0 bridgehead atoms. The summed E-state index contributed by atoms with van der Waals surface area (Å²) in [6, 6.07) is 13.5. The summed E-state index contributed by atoms with van der Waals surface area (Å²) < 4.78 is 16.4. The first-order chi connectivity index (χ1) is 16.0. The minimum Gasteiger partial charge on any atom is -0.325 e. The number of nitrogens with zero attached hydrogens (tertiary/aromatic N) is 3. The van der Waals surface area contributed by atoms with Crippen LogP contribution < -0.4 is 10.9 Å². The maximum Gasteiger partial charge on any atom is 0.272 e. The van der Waals surface area contributed by atoms with Gasteiger partial charge in [-0.15, -0.1) is 23.7 Å². The van der Waals surface area contributed by atoms with Gasteiger partial charge in [-0.05, 0) is 43.4 Å². The summed E-state index contributed by atoms with van der Waals surface area (Å²) in [5.41, 5.74) is 1.13. The molecule has 6 nitrogen and oxygen atoms in total. The van der Waals surface area contributed by atoms with Crippen LogP contribution in [0.4, 0.5) is 10.1 Å². The smallest absolute Gasteiger partial charge is 0.272 e. The van der Waals surface area contributed by atoms with Crippen LogP contribution in [0.15, 0.2) is 58.5 Å². The molecule has 0 saturated heterocycles. The molecule has 2 aromatic heterocycles. The molecule has 4 aromatic rings. The van der Waals surface area contributed by atoms with Crippen LogP contribution >= 0.6 is 35.5 Å². The third-order valence-corrected chi connectivity index (χ3v) is 7.57. The number of amides is 1. The number of hydrogen-bond acceptors (Lipinski definition) is 6. The monoisotopic (exact) mass is 520 g/mol. The zero-order valence-corrected chi connectivity index (χ0v) is 21.4. The molecule has 0 aliphatic carbocycles. The van der Waals surface area contributed by atoms with Crippen LogP contribution in [0.1, 0.15) is 13.8 Å². The Morgan fingerprint density at radius 2 is 1.85 bits per heavy atom. The Hall–Kier alpha value is -2.46. The van der Waals surface area contributed by atoms with Crippen molar-refractivity contribution in [1.29, 1.82) is 0 Å². The number of carbonyl (C=O) groups is 1. The van der Waals surface area contributed by atoms with E-state index in [4.69, 9.17) is 4.98 Å². The second-order valence-corrected chi connectivity index (χ2v) is 9.49. The van der Waals surface area contributed by atoms with Gasteiger partial charge >= 0.3 is 0 Å². The number of nitrogens with one attached hydrogen (secondary N) is 1. The predicted molar refractivity (Wildman–Crippen MR) is 142 cm³/mol. The number of likely N-dealkylation sites (N-methyl/N-ethyl adjacent to an activating group) is 1. The van der Waals surface area contributed by atoms with Gasteiger partial charge < -0.3 is 10.2 Å². The molecule has 0 aliphatic heterocycles. The molecule has 2 heterocycles. The fourth-order valence-electron chi connectivity index (χ4n) is 3.60.